The van der Waals surface area contributed by atoms with Crippen molar-refractivity contribution in [1.82, 2.24) is 0 Å². The zero-order valence-corrected chi connectivity index (χ0v) is 18.1. The second-order valence-electron chi connectivity index (χ2n) is 6.09. The minimum Gasteiger partial charge on any atom is -0.506 e. The molecule has 1 unspecified atom stereocenters. The van der Waals surface area contributed by atoms with E-state index in [2.05, 4.69) is 0 Å². The monoisotopic (exact) mass is 492 g/mol. The zero-order chi connectivity index (χ0) is 21.6. The quantitative estimate of drug-likeness (QED) is 0.311. The van der Waals surface area contributed by atoms with Crippen LogP contribution in [0.4, 0.5) is 0 Å². The number of benzene rings is 3. The van der Waals surface area contributed by atoms with Gasteiger partial charge in [0.1, 0.15) is 5.75 Å². The molecule has 1 atom stereocenters. The summed E-state index contributed by atoms with van der Waals surface area (Å²) >= 11 is 24.1. The first-order valence-corrected chi connectivity index (χ1v) is 10.8. The summed E-state index contributed by atoms with van der Waals surface area (Å²) in [5.74, 6) is -0.849. The van der Waals surface area contributed by atoms with Gasteiger partial charge in [0.25, 0.3) is 10.1 Å². The molecule has 0 radical (unpaired) electrons. The molecule has 0 saturated carbocycles. The summed E-state index contributed by atoms with van der Waals surface area (Å²) in [5.41, 5.74) is -0.142. The summed E-state index contributed by atoms with van der Waals surface area (Å²) in [6, 6.07) is 11.8. The lowest BCUT2D eigenvalue weighted by Gasteiger charge is -2.33. The number of hydrogen-bond donors (Lipinski definition) is 3. The molecule has 3 rings (SSSR count). The molecule has 0 saturated heterocycles. The highest BCUT2D eigenvalue weighted by Crippen LogP contribution is 2.50. The van der Waals surface area contributed by atoms with Crippen LogP contribution in [0.15, 0.2) is 54.6 Å². The maximum Gasteiger partial charge on any atom is 0.283 e. The molecule has 0 aliphatic carbocycles. The van der Waals surface area contributed by atoms with Crippen LogP contribution in [-0.2, 0) is 14.9 Å². The second kappa shape index (κ2) is 7.87. The molecule has 0 spiro atoms. The Morgan fingerprint density at radius 2 is 1.34 bits per heavy atom. The maximum atomic E-state index is 12.9. The SMILES string of the molecule is O=S(=O)(O)C(c1ccc(Cl)cc1)(c1ccc(O)c(Cl)c1)c1ccc(Cl)c(O)c1Cl. The van der Waals surface area contributed by atoms with Crippen LogP contribution in [0.3, 0.4) is 0 Å². The van der Waals surface area contributed by atoms with Crippen LogP contribution in [0.2, 0.25) is 20.1 Å². The number of phenolic OH excluding ortho intramolecular Hbond substituents is 2. The standard InChI is InChI=1S/C19H12Cl4O5S/c20-12-4-1-10(2-5-12)19(29(26,27)28,11-3-8-16(24)15(22)9-11)13-6-7-14(21)18(25)17(13)23/h1-9,24-25H,(H,26,27,28). The Morgan fingerprint density at radius 3 is 1.90 bits per heavy atom. The van der Waals surface area contributed by atoms with E-state index >= 15 is 0 Å². The van der Waals surface area contributed by atoms with E-state index in [1.165, 1.54) is 54.6 Å². The lowest BCUT2D eigenvalue weighted by molar-refractivity contribution is 0.455. The topological polar surface area (TPSA) is 94.8 Å². The van der Waals surface area contributed by atoms with Crippen LogP contribution < -0.4 is 0 Å². The van der Waals surface area contributed by atoms with E-state index in [-0.39, 0.29) is 37.5 Å². The fourth-order valence-electron chi connectivity index (χ4n) is 3.14. The third-order valence-electron chi connectivity index (χ3n) is 4.44. The van der Waals surface area contributed by atoms with E-state index in [1.54, 1.807) is 0 Å². The third-order valence-corrected chi connectivity index (χ3v) is 7.15. The molecule has 0 heterocycles. The summed E-state index contributed by atoms with van der Waals surface area (Å²) < 4.78 is 34.0. The first kappa shape index (κ1) is 22.0. The Hall–Kier alpha value is -1.67. The first-order valence-electron chi connectivity index (χ1n) is 7.89. The van der Waals surface area contributed by atoms with Crippen molar-refractivity contribution in [3.8, 4) is 11.5 Å². The van der Waals surface area contributed by atoms with Crippen LogP contribution in [0.5, 0.6) is 11.5 Å². The molecule has 0 aromatic heterocycles. The highest BCUT2D eigenvalue weighted by Gasteiger charge is 2.50. The largest absolute Gasteiger partial charge is 0.506 e. The molecular formula is C19H12Cl4O5S. The molecule has 0 aliphatic rings. The number of halogens is 4. The van der Waals surface area contributed by atoms with Gasteiger partial charge in [-0.1, -0.05) is 70.7 Å². The van der Waals surface area contributed by atoms with Gasteiger partial charge >= 0.3 is 0 Å². The summed E-state index contributed by atoms with van der Waals surface area (Å²) in [6.07, 6.45) is 0. The average Bonchev–Trinajstić information content (AvgIpc) is 2.65. The number of phenols is 2. The Labute approximate surface area is 186 Å². The lowest BCUT2D eigenvalue weighted by atomic mass is 9.83. The number of aromatic hydroxyl groups is 2. The van der Waals surface area contributed by atoms with Gasteiger partial charge in [0, 0.05) is 10.6 Å². The molecule has 0 amide bonds. The normalized spacial score (nSPS) is 13.8. The van der Waals surface area contributed by atoms with Crippen molar-refractivity contribution in [2.75, 3.05) is 0 Å². The van der Waals surface area contributed by atoms with Crippen LogP contribution >= 0.6 is 46.4 Å². The molecule has 152 valence electrons. The molecule has 0 aliphatic heterocycles. The number of rotatable bonds is 4. The summed E-state index contributed by atoms with van der Waals surface area (Å²) in [5, 5.41) is 19.7. The Morgan fingerprint density at radius 1 is 0.759 bits per heavy atom. The lowest BCUT2D eigenvalue weighted by Crippen LogP contribution is -2.38. The van der Waals surface area contributed by atoms with Gasteiger partial charge in [-0.05, 0) is 41.5 Å². The summed E-state index contributed by atoms with van der Waals surface area (Å²) in [4.78, 5) is 0. The summed E-state index contributed by atoms with van der Waals surface area (Å²) in [7, 11) is -5.00. The van der Waals surface area contributed by atoms with Gasteiger partial charge in [-0.15, -0.1) is 0 Å². The smallest absolute Gasteiger partial charge is 0.283 e. The van der Waals surface area contributed by atoms with Gasteiger partial charge in [0.2, 0.25) is 0 Å². The first-order chi connectivity index (χ1) is 13.5. The van der Waals surface area contributed by atoms with Crippen LogP contribution in [0.25, 0.3) is 0 Å². The van der Waals surface area contributed by atoms with Crippen molar-refractivity contribution < 1.29 is 23.2 Å². The van der Waals surface area contributed by atoms with E-state index in [1.807, 2.05) is 0 Å². The highest BCUT2D eigenvalue weighted by molar-refractivity contribution is 7.87. The summed E-state index contributed by atoms with van der Waals surface area (Å²) in [6.45, 7) is 0. The van der Waals surface area contributed by atoms with Crippen LogP contribution in [-0.4, -0.2) is 23.2 Å². The predicted molar refractivity (Wildman–Crippen MR) is 114 cm³/mol. The molecule has 29 heavy (non-hydrogen) atoms. The Bertz CT molecular complexity index is 1200. The highest BCUT2D eigenvalue weighted by atomic mass is 35.5. The van der Waals surface area contributed by atoms with Crippen molar-refractivity contribution >= 4 is 56.5 Å². The molecule has 3 aromatic rings. The van der Waals surface area contributed by atoms with Crippen molar-refractivity contribution in [1.29, 1.82) is 0 Å². The minimum atomic E-state index is -5.00. The molecule has 10 heteroatoms. The van der Waals surface area contributed by atoms with Crippen molar-refractivity contribution in [2.24, 2.45) is 0 Å². The van der Waals surface area contributed by atoms with E-state index < -0.39 is 20.6 Å². The van der Waals surface area contributed by atoms with Gasteiger partial charge < -0.3 is 10.2 Å². The molecule has 0 bridgehead atoms. The molecule has 0 fully saturated rings. The van der Waals surface area contributed by atoms with E-state index in [0.29, 0.717) is 5.02 Å². The van der Waals surface area contributed by atoms with Crippen molar-refractivity contribution in [3.63, 3.8) is 0 Å². The van der Waals surface area contributed by atoms with Gasteiger partial charge in [-0.3, -0.25) is 4.55 Å². The minimum absolute atomic E-state index is 0.0336. The second-order valence-corrected chi connectivity index (χ2v) is 9.28. The third kappa shape index (κ3) is 3.65. The van der Waals surface area contributed by atoms with E-state index in [9.17, 15) is 23.2 Å². The Kier molecular flexibility index (Phi) is 5.98. The van der Waals surface area contributed by atoms with Gasteiger partial charge in [-0.25, -0.2) is 0 Å². The molecule has 3 aromatic carbocycles. The predicted octanol–water partition coefficient (Wildman–Crippen LogP) is 5.89. The number of hydrogen-bond acceptors (Lipinski definition) is 4. The van der Waals surface area contributed by atoms with E-state index in [0.717, 1.165) is 0 Å². The maximum absolute atomic E-state index is 12.9. The molecule has 3 N–H and O–H groups in total. The fraction of sp³-hybridized carbons (Fsp3) is 0.0526. The molecule has 5 nitrogen and oxygen atoms in total. The zero-order valence-electron chi connectivity index (χ0n) is 14.3. The average molecular weight is 494 g/mol. The van der Waals surface area contributed by atoms with Crippen molar-refractivity contribution in [2.45, 2.75) is 4.75 Å². The van der Waals surface area contributed by atoms with Gasteiger partial charge in [-0.2, -0.15) is 8.42 Å². The fourth-order valence-corrected chi connectivity index (χ4v) is 5.32. The van der Waals surface area contributed by atoms with Gasteiger partial charge in [0.15, 0.2) is 10.5 Å². The molecular weight excluding hydrogens is 482 g/mol. The van der Waals surface area contributed by atoms with Gasteiger partial charge in [0.05, 0.1) is 15.1 Å². The van der Waals surface area contributed by atoms with Crippen LogP contribution in [0, 0.1) is 0 Å². The Balaban J connectivity index is 2.56. The van der Waals surface area contributed by atoms with Crippen LogP contribution in [0.1, 0.15) is 16.7 Å². The van der Waals surface area contributed by atoms with E-state index in [4.69, 9.17) is 46.4 Å². The van der Waals surface area contributed by atoms with Crippen molar-refractivity contribution in [3.05, 3.63) is 91.4 Å².